The number of rotatable bonds is 1. The van der Waals surface area contributed by atoms with Gasteiger partial charge in [0.1, 0.15) is 0 Å². The number of fused-ring (bicyclic) bond motifs is 3. The van der Waals surface area contributed by atoms with Crippen LogP contribution >= 0.6 is 0 Å². The van der Waals surface area contributed by atoms with Crippen molar-refractivity contribution in [1.82, 2.24) is 0 Å². The fourth-order valence-electron chi connectivity index (χ4n) is 2.28. The van der Waals surface area contributed by atoms with Gasteiger partial charge in [0.25, 0.3) is 0 Å². The molecule has 2 aromatic carbocycles. The summed E-state index contributed by atoms with van der Waals surface area (Å²) < 4.78 is 0. The molecule has 2 aromatic rings. The van der Waals surface area contributed by atoms with Crippen molar-refractivity contribution in [1.29, 1.82) is 0 Å². The van der Waals surface area contributed by atoms with E-state index in [0.717, 1.165) is 16.7 Å². The third-order valence-corrected chi connectivity index (χ3v) is 3.01. The van der Waals surface area contributed by atoms with Crippen LogP contribution in [0.4, 0.5) is 0 Å². The normalized spacial score (nSPS) is 12.0. The first kappa shape index (κ1) is 9.16. The van der Waals surface area contributed by atoms with Crippen molar-refractivity contribution in [3.05, 3.63) is 59.2 Å². The molecule has 0 amide bonds. The minimum Gasteiger partial charge on any atom is -0.478 e. The van der Waals surface area contributed by atoms with Gasteiger partial charge in [-0.15, -0.1) is 0 Å². The van der Waals surface area contributed by atoms with Gasteiger partial charge in [0.05, 0.1) is 5.56 Å². The number of carbonyl (C=O) groups is 1. The Morgan fingerprint density at radius 3 is 2.81 bits per heavy atom. The maximum Gasteiger partial charge on any atom is 0.336 e. The topological polar surface area (TPSA) is 37.3 Å². The Bertz CT molecular complexity index is 585. The molecular weight excluding hydrogens is 200 g/mol. The zero-order valence-electron chi connectivity index (χ0n) is 8.53. The molecule has 3 rings (SSSR count). The molecule has 2 nitrogen and oxygen atoms in total. The first-order chi connectivity index (χ1) is 7.77. The van der Waals surface area contributed by atoms with E-state index >= 15 is 0 Å². The minimum atomic E-state index is -0.874. The van der Waals surface area contributed by atoms with Crippen molar-refractivity contribution >= 4 is 5.97 Å². The zero-order chi connectivity index (χ0) is 11.1. The van der Waals surface area contributed by atoms with E-state index in [9.17, 15) is 4.79 Å². The summed E-state index contributed by atoms with van der Waals surface area (Å²) in [5.41, 5.74) is 4.62. The minimum absolute atomic E-state index is 0.369. The second kappa shape index (κ2) is 3.20. The van der Waals surface area contributed by atoms with Crippen molar-refractivity contribution in [2.75, 3.05) is 0 Å². The molecule has 0 heterocycles. The summed E-state index contributed by atoms with van der Waals surface area (Å²) in [4.78, 5) is 11.1. The molecule has 0 fully saturated rings. The Balaban J connectivity index is 2.28. The number of carboxylic acids is 1. The number of hydrogen-bond donors (Lipinski definition) is 1. The third kappa shape index (κ3) is 1.16. The van der Waals surface area contributed by atoms with Crippen molar-refractivity contribution in [2.24, 2.45) is 0 Å². The molecule has 0 saturated carbocycles. The molecule has 16 heavy (non-hydrogen) atoms. The third-order valence-electron chi connectivity index (χ3n) is 3.01. The summed E-state index contributed by atoms with van der Waals surface area (Å²) in [5.74, 6) is -0.874. The Kier molecular flexibility index (Phi) is 1.83. The Morgan fingerprint density at radius 2 is 2.00 bits per heavy atom. The van der Waals surface area contributed by atoms with Gasteiger partial charge in [0, 0.05) is 0 Å². The van der Waals surface area contributed by atoms with Crippen LogP contribution in [0.3, 0.4) is 0 Å². The van der Waals surface area contributed by atoms with Crippen LogP contribution in [-0.4, -0.2) is 11.1 Å². The number of hydrogen-bond acceptors (Lipinski definition) is 1. The number of benzene rings is 2. The van der Waals surface area contributed by atoms with E-state index in [1.54, 1.807) is 6.07 Å². The summed E-state index contributed by atoms with van der Waals surface area (Å²) >= 11 is 0. The second-order valence-electron chi connectivity index (χ2n) is 3.90. The summed E-state index contributed by atoms with van der Waals surface area (Å²) in [6.07, 6.45) is 0.710. The summed E-state index contributed by atoms with van der Waals surface area (Å²) in [6, 6.07) is 14.3. The molecule has 0 spiro atoms. The molecule has 0 unspecified atom stereocenters. The molecule has 1 aliphatic carbocycles. The highest BCUT2D eigenvalue weighted by Gasteiger charge is 2.22. The van der Waals surface area contributed by atoms with Crippen LogP contribution < -0.4 is 0 Å². The molecular formula is C14H9O2. The Morgan fingerprint density at radius 1 is 1.19 bits per heavy atom. The molecule has 77 valence electrons. The molecule has 1 aliphatic rings. The largest absolute Gasteiger partial charge is 0.478 e. The lowest BCUT2D eigenvalue weighted by Gasteiger charge is -2.03. The molecule has 1 N–H and O–H groups in total. The highest BCUT2D eigenvalue weighted by atomic mass is 16.4. The van der Waals surface area contributed by atoms with Gasteiger partial charge >= 0.3 is 5.97 Å². The summed E-state index contributed by atoms with van der Waals surface area (Å²) in [5, 5.41) is 9.11. The summed E-state index contributed by atoms with van der Waals surface area (Å²) in [6.45, 7) is 0. The van der Waals surface area contributed by atoms with Crippen LogP contribution in [0.25, 0.3) is 11.1 Å². The van der Waals surface area contributed by atoms with Gasteiger partial charge in [-0.3, -0.25) is 0 Å². The first-order valence-electron chi connectivity index (χ1n) is 5.12. The molecule has 0 atom stereocenters. The predicted molar refractivity (Wildman–Crippen MR) is 60.5 cm³/mol. The second-order valence-corrected chi connectivity index (χ2v) is 3.90. The van der Waals surface area contributed by atoms with Crippen molar-refractivity contribution in [3.63, 3.8) is 0 Å². The van der Waals surface area contributed by atoms with Crippen LogP contribution in [0.2, 0.25) is 0 Å². The lowest BCUT2D eigenvalue weighted by Crippen LogP contribution is -2.01. The molecule has 0 aliphatic heterocycles. The number of aromatic carboxylic acids is 1. The average molecular weight is 209 g/mol. The van der Waals surface area contributed by atoms with Crippen LogP contribution in [0, 0.1) is 6.07 Å². The zero-order valence-corrected chi connectivity index (χ0v) is 8.53. The average Bonchev–Trinajstić information content (AvgIpc) is 2.67. The smallest absolute Gasteiger partial charge is 0.336 e. The number of carboxylic acid groups (broad SMARTS) is 1. The van der Waals surface area contributed by atoms with Crippen LogP contribution in [0.1, 0.15) is 21.5 Å². The van der Waals surface area contributed by atoms with Gasteiger partial charge in [-0.05, 0) is 46.9 Å². The standard InChI is InChI=1S/C14H9O2/c15-14(16)12-7-3-6-11-10-5-2-1-4-9(10)8-13(11)12/h1-2,4-7H,8H2,(H,15,16). The van der Waals surface area contributed by atoms with E-state index in [4.69, 9.17) is 5.11 Å². The van der Waals surface area contributed by atoms with Crippen molar-refractivity contribution in [2.45, 2.75) is 6.42 Å². The quantitative estimate of drug-likeness (QED) is 0.669. The highest BCUT2D eigenvalue weighted by Crippen LogP contribution is 2.37. The Hall–Kier alpha value is -2.09. The lowest BCUT2D eigenvalue weighted by atomic mass is 10.0. The van der Waals surface area contributed by atoms with E-state index in [2.05, 4.69) is 6.07 Å². The molecule has 0 bridgehead atoms. The fraction of sp³-hybridized carbons (Fsp3) is 0.0714. The predicted octanol–water partition coefficient (Wildman–Crippen LogP) is 2.76. The van der Waals surface area contributed by atoms with Gasteiger partial charge in [0.15, 0.2) is 0 Å². The van der Waals surface area contributed by atoms with Crippen LogP contribution in [0.5, 0.6) is 0 Å². The van der Waals surface area contributed by atoms with Crippen molar-refractivity contribution in [3.8, 4) is 11.1 Å². The first-order valence-corrected chi connectivity index (χ1v) is 5.12. The van der Waals surface area contributed by atoms with Crippen molar-refractivity contribution < 1.29 is 9.90 Å². The van der Waals surface area contributed by atoms with E-state index in [1.807, 2.05) is 30.3 Å². The maximum atomic E-state index is 11.1. The molecule has 0 aromatic heterocycles. The van der Waals surface area contributed by atoms with Crippen LogP contribution in [0.15, 0.2) is 36.4 Å². The van der Waals surface area contributed by atoms with E-state index in [-0.39, 0.29) is 0 Å². The van der Waals surface area contributed by atoms with E-state index in [0.29, 0.717) is 12.0 Å². The molecule has 0 saturated heterocycles. The lowest BCUT2D eigenvalue weighted by molar-refractivity contribution is 0.0696. The van der Waals surface area contributed by atoms with Gasteiger partial charge in [-0.2, -0.15) is 0 Å². The molecule has 1 radical (unpaired) electrons. The SMILES string of the molecule is O=C(O)c1c[c]cc2c1Cc1ccccc1-2. The highest BCUT2D eigenvalue weighted by molar-refractivity contribution is 5.94. The maximum absolute atomic E-state index is 11.1. The van der Waals surface area contributed by atoms with E-state index < -0.39 is 5.97 Å². The van der Waals surface area contributed by atoms with E-state index in [1.165, 1.54) is 5.56 Å². The van der Waals surface area contributed by atoms with Crippen LogP contribution in [-0.2, 0) is 6.42 Å². The monoisotopic (exact) mass is 209 g/mol. The fourth-order valence-corrected chi connectivity index (χ4v) is 2.28. The summed E-state index contributed by atoms with van der Waals surface area (Å²) in [7, 11) is 0. The van der Waals surface area contributed by atoms with Gasteiger partial charge < -0.3 is 5.11 Å². The van der Waals surface area contributed by atoms with Gasteiger partial charge in [-0.1, -0.05) is 24.3 Å². The molecule has 2 heteroatoms. The van der Waals surface area contributed by atoms with Gasteiger partial charge in [-0.25, -0.2) is 4.79 Å². The van der Waals surface area contributed by atoms with Gasteiger partial charge in [0.2, 0.25) is 0 Å². The Labute approximate surface area is 93.2 Å².